The highest BCUT2D eigenvalue weighted by Crippen LogP contribution is 2.34. The monoisotopic (exact) mass is 417 g/mol. The molecule has 0 atom stereocenters. The minimum absolute atomic E-state index is 0.0101. The zero-order valence-corrected chi connectivity index (χ0v) is 18.5. The summed E-state index contributed by atoms with van der Waals surface area (Å²) in [4.78, 5) is 18.6. The fourth-order valence-corrected chi connectivity index (χ4v) is 4.26. The number of benzene rings is 1. The van der Waals surface area contributed by atoms with Crippen LogP contribution in [0.3, 0.4) is 0 Å². The molecule has 0 amide bonds. The first-order chi connectivity index (χ1) is 14.7. The van der Waals surface area contributed by atoms with Gasteiger partial charge in [0.05, 0.1) is 25.7 Å². The lowest BCUT2D eigenvalue weighted by Crippen LogP contribution is -2.46. The van der Waals surface area contributed by atoms with Gasteiger partial charge in [-0.15, -0.1) is 0 Å². The molecule has 1 heterocycles. The summed E-state index contributed by atoms with van der Waals surface area (Å²) in [5.41, 5.74) is 1.06. The Morgan fingerprint density at radius 1 is 1.20 bits per heavy atom. The van der Waals surface area contributed by atoms with Crippen molar-refractivity contribution in [3.8, 4) is 11.5 Å². The topological polar surface area (TPSA) is 72.4 Å². The molecule has 1 aliphatic heterocycles. The fraction of sp³-hybridized carbons (Fsp3) is 0.652. The molecular weight excluding hydrogens is 382 g/mol. The van der Waals surface area contributed by atoms with Gasteiger partial charge in [-0.05, 0) is 51.5 Å². The van der Waals surface area contributed by atoms with Crippen molar-refractivity contribution in [1.29, 1.82) is 0 Å². The number of methoxy groups -OCH3 is 1. The van der Waals surface area contributed by atoms with E-state index in [0.717, 1.165) is 61.8 Å². The van der Waals surface area contributed by atoms with Crippen molar-refractivity contribution in [3.05, 3.63) is 23.8 Å². The summed E-state index contributed by atoms with van der Waals surface area (Å²) >= 11 is 0. The lowest BCUT2D eigenvalue weighted by Gasteiger charge is -2.33. The van der Waals surface area contributed by atoms with Crippen LogP contribution >= 0.6 is 0 Å². The Bertz CT molecular complexity index is 723. The van der Waals surface area contributed by atoms with Gasteiger partial charge >= 0.3 is 5.97 Å². The molecule has 0 unspecified atom stereocenters. The Morgan fingerprint density at radius 3 is 2.57 bits per heavy atom. The normalized spacial score (nSPS) is 18.4. The average molecular weight is 418 g/mol. The maximum Gasteiger partial charge on any atom is 0.309 e. The van der Waals surface area contributed by atoms with Gasteiger partial charge in [-0.25, -0.2) is 0 Å². The average Bonchev–Trinajstić information content (AvgIpc) is 3.29. The first-order valence-corrected chi connectivity index (χ1v) is 11.1. The molecule has 7 heteroatoms. The molecule has 0 radical (unpaired) electrons. The van der Waals surface area contributed by atoms with Crippen molar-refractivity contribution in [1.82, 2.24) is 10.2 Å². The maximum atomic E-state index is 12.0. The van der Waals surface area contributed by atoms with E-state index in [4.69, 9.17) is 14.2 Å². The summed E-state index contributed by atoms with van der Waals surface area (Å²) in [6.07, 6.45) is 6.48. The molecule has 0 aromatic heterocycles. The van der Waals surface area contributed by atoms with Crippen LogP contribution in [-0.4, -0.2) is 56.8 Å². The number of carbonyl (C=O) groups is 1. The summed E-state index contributed by atoms with van der Waals surface area (Å²) in [5.74, 6) is 2.35. The molecule has 1 aromatic rings. The molecule has 3 rings (SSSR count). The fourth-order valence-electron chi connectivity index (χ4n) is 4.26. The molecule has 30 heavy (non-hydrogen) atoms. The summed E-state index contributed by atoms with van der Waals surface area (Å²) in [6.45, 7) is 4.46. The van der Waals surface area contributed by atoms with Crippen LogP contribution in [-0.2, 0) is 16.1 Å². The molecule has 166 valence electrons. The number of aliphatic imine (C=N–C) groups is 1. The summed E-state index contributed by atoms with van der Waals surface area (Å²) < 4.78 is 17.1. The van der Waals surface area contributed by atoms with Crippen LogP contribution < -0.4 is 14.8 Å². The Labute approximate surface area is 179 Å². The lowest BCUT2D eigenvalue weighted by atomic mass is 9.97. The zero-order valence-electron chi connectivity index (χ0n) is 18.5. The van der Waals surface area contributed by atoms with E-state index in [1.54, 1.807) is 14.2 Å². The van der Waals surface area contributed by atoms with Crippen LogP contribution in [0.5, 0.6) is 11.5 Å². The smallest absolute Gasteiger partial charge is 0.309 e. The molecule has 7 nitrogen and oxygen atoms in total. The van der Waals surface area contributed by atoms with Crippen LogP contribution in [0.15, 0.2) is 23.2 Å². The highest BCUT2D eigenvalue weighted by Gasteiger charge is 2.27. The van der Waals surface area contributed by atoms with Crippen molar-refractivity contribution in [2.45, 2.75) is 58.1 Å². The third kappa shape index (κ3) is 5.58. The highest BCUT2D eigenvalue weighted by molar-refractivity contribution is 5.80. The first-order valence-electron chi connectivity index (χ1n) is 11.1. The molecule has 1 saturated carbocycles. The van der Waals surface area contributed by atoms with Gasteiger partial charge in [0, 0.05) is 32.2 Å². The maximum absolute atomic E-state index is 12.0. The van der Waals surface area contributed by atoms with Crippen LogP contribution in [0.4, 0.5) is 0 Å². The number of likely N-dealkylation sites (tertiary alicyclic amines) is 1. The van der Waals surface area contributed by atoms with Gasteiger partial charge in [0.1, 0.15) is 0 Å². The third-order valence-corrected chi connectivity index (χ3v) is 5.93. The predicted octanol–water partition coefficient (Wildman–Crippen LogP) is 3.37. The summed E-state index contributed by atoms with van der Waals surface area (Å²) in [7, 11) is 3.47. The van der Waals surface area contributed by atoms with E-state index >= 15 is 0 Å². The zero-order chi connectivity index (χ0) is 21.3. The minimum Gasteiger partial charge on any atom is -0.493 e. The molecule has 1 aliphatic carbocycles. The standard InChI is InChI=1S/C23H35N3O4/c1-4-29-22(27)17-12-14-26(15-13-17)23(24-2)25-16-18-8-7-11-20(28-3)21(18)30-19-9-5-6-10-19/h7-8,11,17,19H,4-6,9-10,12-16H2,1-3H3,(H,24,25). The van der Waals surface area contributed by atoms with Crippen LogP contribution in [0.1, 0.15) is 51.0 Å². The number of nitrogens with zero attached hydrogens (tertiary/aromatic N) is 2. The van der Waals surface area contributed by atoms with Crippen molar-refractivity contribution < 1.29 is 19.0 Å². The van der Waals surface area contributed by atoms with Crippen molar-refractivity contribution in [2.75, 3.05) is 33.9 Å². The van der Waals surface area contributed by atoms with E-state index < -0.39 is 0 Å². The number of guanidine groups is 1. The molecule has 0 bridgehead atoms. The van der Waals surface area contributed by atoms with Crippen molar-refractivity contribution in [2.24, 2.45) is 10.9 Å². The Hall–Kier alpha value is -2.44. The van der Waals surface area contributed by atoms with E-state index in [0.29, 0.717) is 13.2 Å². The van der Waals surface area contributed by atoms with Gasteiger partial charge in [-0.2, -0.15) is 0 Å². The number of rotatable bonds is 7. The SMILES string of the molecule is CCOC(=O)C1CCN(C(=NC)NCc2cccc(OC)c2OC2CCCC2)CC1. The molecule has 1 N–H and O–H groups in total. The number of nitrogens with one attached hydrogen (secondary N) is 1. The Balaban J connectivity index is 1.60. The van der Waals surface area contributed by atoms with E-state index in [2.05, 4.69) is 21.3 Å². The number of piperidine rings is 1. The quantitative estimate of drug-likeness (QED) is 0.417. The van der Waals surface area contributed by atoms with Gasteiger partial charge in [-0.3, -0.25) is 9.79 Å². The Kier molecular flexibility index (Phi) is 8.22. The molecule has 0 spiro atoms. The van der Waals surface area contributed by atoms with Crippen LogP contribution in [0, 0.1) is 5.92 Å². The highest BCUT2D eigenvalue weighted by atomic mass is 16.5. The number of hydrogen-bond acceptors (Lipinski definition) is 5. The largest absolute Gasteiger partial charge is 0.493 e. The van der Waals surface area contributed by atoms with Crippen LogP contribution in [0.25, 0.3) is 0 Å². The first kappa shape index (κ1) is 22.2. The van der Waals surface area contributed by atoms with Gasteiger partial charge in [0.25, 0.3) is 0 Å². The predicted molar refractivity (Wildman–Crippen MR) is 117 cm³/mol. The van der Waals surface area contributed by atoms with Gasteiger partial charge < -0.3 is 24.4 Å². The van der Waals surface area contributed by atoms with Crippen molar-refractivity contribution in [3.63, 3.8) is 0 Å². The van der Waals surface area contributed by atoms with Gasteiger partial charge in [0.15, 0.2) is 17.5 Å². The molecule has 1 saturated heterocycles. The lowest BCUT2D eigenvalue weighted by molar-refractivity contribution is -0.149. The van der Waals surface area contributed by atoms with E-state index in [-0.39, 0.29) is 18.0 Å². The van der Waals surface area contributed by atoms with Gasteiger partial charge in [0.2, 0.25) is 0 Å². The van der Waals surface area contributed by atoms with E-state index in [1.807, 2.05) is 19.1 Å². The second-order valence-electron chi connectivity index (χ2n) is 7.89. The molecule has 2 fully saturated rings. The number of ether oxygens (including phenoxy) is 3. The summed E-state index contributed by atoms with van der Waals surface area (Å²) in [5, 5.41) is 3.47. The van der Waals surface area contributed by atoms with Gasteiger partial charge in [-0.1, -0.05) is 12.1 Å². The number of hydrogen-bond donors (Lipinski definition) is 1. The number of carbonyl (C=O) groups excluding carboxylic acids is 1. The van der Waals surface area contributed by atoms with E-state index in [9.17, 15) is 4.79 Å². The van der Waals surface area contributed by atoms with E-state index in [1.165, 1.54) is 12.8 Å². The molecule has 1 aromatic carbocycles. The Morgan fingerprint density at radius 2 is 1.93 bits per heavy atom. The third-order valence-electron chi connectivity index (χ3n) is 5.93. The minimum atomic E-state index is -0.0785. The second kappa shape index (κ2) is 11.1. The summed E-state index contributed by atoms with van der Waals surface area (Å²) in [6, 6.07) is 6.01. The number of esters is 1. The second-order valence-corrected chi connectivity index (χ2v) is 7.89. The molecular formula is C23H35N3O4. The number of para-hydroxylation sites is 1. The molecule has 2 aliphatic rings. The van der Waals surface area contributed by atoms with Crippen molar-refractivity contribution >= 4 is 11.9 Å². The van der Waals surface area contributed by atoms with Crippen LogP contribution in [0.2, 0.25) is 0 Å².